The van der Waals surface area contributed by atoms with Gasteiger partial charge < -0.3 is 5.32 Å². The van der Waals surface area contributed by atoms with Crippen LogP contribution < -0.4 is 5.32 Å². The van der Waals surface area contributed by atoms with Gasteiger partial charge in [0.15, 0.2) is 0 Å². The summed E-state index contributed by atoms with van der Waals surface area (Å²) in [4.78, 5) is 2.61. The van der Waals surface area contributed by atoms with Gasteiger partial charge in [-0.05, 0) is 60.3 Å². The highest BCUT2D eigenvalue weighted by Gasteiger charge is 2.38. The van der Waals surface area contributed by atoms with Crippen molar-refractivity contribution >= 4 is 21.6 Å². The van der Waals surface area contributed by atoms with Gasteiger partial charge in [-0.3, -0.25) is 4.90 Å². The van der Waals surface area contributed by atoms with Crippen molar-refractivity contribution in [1.29, 1.82) is 0 Å². The Balaban J connectivity index is 1.66. The van der Waals surface area contributed by atoms with Gasteiger partial charge in [-0.2, -0.15) is 0 Å². The van der Waals surface area contributed by atoms with Gasteiger partial charge in [-0.15, -0.1) is 0 Å². The predicted octanol–water partition coefficient (Wildman–Crippen LogP) is 3.63. The zero-order valence-electron chi connectivity index (χ0n) is 10.5. The minimum absolute atomic E-state index is 0.202. The van der Waals surface area contributed by atoms with Gasteiger partial charge in [-0.1, -0.05) is 0 Å². The van der Waals surface area contributed by atoms with E-state index in [-0.39, 0.29) is 5.82 Å². The number of hydrogen-bond acceptors (Lipinski definition) is 2. The van der Waals surface area contributed by atoms with E-state index in [0.717, 1.165) is 22.7 Å². The number of hydrogen-bond donors (Lipinski definition) is 1. The largest absolute Gasteiger partial charge is 0.380 e. The van der Waals surface area contributed by atoms with Crippen molar-refractivity contribution in [1.82, 2.24) is 4.90 Å². The van der Waals surface area contributed by atoms with Crippen LogP contribution in [0.3, 0.4) is 0 Å². The maximum absolute atomic E-state index is 13.0. The van der Waals surface area contributed by atoms with Gasteiger partial charge in [0.25, 0.3) is 0 Å². The number of nitrogens with one attached hydrogen (secondary N) is 1. The summed E-state index contributed by atoms with van der Waals surface area (Å²) in [5, 5.41) is 3.52. The van der Waals surface area contributed by atoms with Gasteiger partial charge in [0.05, 0.1) is 0 Å². The molecule has 1 aliphatic heterocycles. The van der Waals surface area contributed by atoms with E-state index in [4.69, 9.17) is 0 Å². The molecule has 1 saturated carbocycles. The summed E-state index contributed by atoms with van der Waals surface area (Å²) in [6, 6.07) is 6.79. The van der Waals surface area contributed by atoms with E-state index in [9.17, 15) is 4.39 Å². The zero-order valence-corrected chi connectivity index (χ0v) is 12.1. The van der Waals surface area contributed by atoms with Crippen molar-refractivity contribution in [3.63, 3.8) is 0 Å². The molecule has 1 heterocycles. The van der Waals surface area contributed by atoms with Crippen molar-refractivity contribution < 1.29 is 4.39 Å². The first-order valence-electron chi connectivity index (χ1n) is 6.61. The average Bonchev–Trinajstić information content (AvgIpc) is 3.08. The molecule has 0 aromatic heterocycles. The first-order valence-corrected chi connectivity index (χ1v) is 7.40. The van der Waals surface area contributed by atoms with Crippen molar-refractivity contribution in [3.05, 3.63) is 28.5 Å². The smallest absolute Gasteiger partial charge is 0.124 e. The summed E-state index contributed by atoms with van der Waals surface area (Å²) in [6.45, 7) is 3.41. The fraction of sp³-hybridized carbons (Fsp3) is 0.571. The van der Waals surface area contributed by atoms with E-state index < -0.39 is 0 Å². The maximum atomic E-state index is 13.0. The second kappa shape index (κ2) is 4.82. The van der Waals surface area contributed by atoms with Crippen molar-refractivity contribution in [2.45, 2.75) is 44.3 Å². The molecule has 0 bridgehead atoms. The lowest BCUT2D eigenvalue weighted by Gasteiger charge is -2.20. The summed E-state index contributed by atoms with van der Waals surface area (Å²) >= 11 is 3.41. The average molecular weight is 313 g/mol. The fourth-order valence-corrected chi connectivity index (χ4v) is 3.37. The molecular weight excluding hydrogens is 295 g/mol. The van der Waals surface area contributed by atoms with Gasteiger partial charge in [0.1, 0.15) is 5.82 Å². The van der Waals surface area contributed by atoms with Crippen LogP contribution in [0.25, 0.3) is 0 Å². The van der Waals surface area contributed by atoms with Crippen LogP contribution in [-0.4, -0.2) is 29.6 Å². The monoisotopic (exact) mass is 312 g/mol. The molecule has 2 fully saturated rings. The molecule has 0 radical (unpaired) electrons. The summed E-state index contributed by atoms with van der Waals surface area (Å²) < 4.78 is 13.8. The van der Waals surface area contributed by atoms with Gasteiger partial charge in [0, 0.05) is 34.8 Å². The molecular formula is C14H18BrFN2. The lowest BCUT2D eigenvalue weighted by atomic mass is 10.2. The van der Waals surface area contributed by atoms with E-state index in [2.05, 4.69) is 33.1 Å². The molecule has 1 aliphatic carbocycles. The Morgan fingerprint density at radius 1 is 1.39 bits per heavy atom. The van der Waals surface area contributed by atoms with Crippen LogP contribution in [0.1, 0.15) is 26.2 Å². The summed E-state index contributed by atoms with van der Waals surface area (Å²) in [7, 11) is 0. The highest BCUT2D eigenvalue weighted by Crippen LogP contribution is 2.34. The quantitative estimate of drug-likeness (QED) is 0.917. The van der Waals surface area contributed by atoms with Crippen molar-refractivity contribution in [2.24, 2.45) is 0 Å². The van der Waals surface area contributed by atoms with Crippen LogP contribution in [-0.2, 0) is 0 Å². The normalized spacial score (nSPS) is 28.6. The number of nitrogens with zero attached hydrogens (tertiary/aromatic N) is 1. The van der Waals surface area contributed by atoms with E-state index in [0.29, 0.717) is 12.1 Å². The number of anilines is 1. The highest BCUT2D eigenvalue weighted by atomic mass is 79.9. The topological polar surface area (TPSA) is 15.3 Å². The number of rotatable bonds is 3. The van der Waals surface area contributed by atoms with Gasteiger partial charge >= 0.3 is 0 Å². The Morgan fingerprint density at radius 3 is 2.83 bits per heavy atom. The molecule has 2 aliphatic rings. The molecule has 2 unspecified atom stereocenters. The fourth-order valence-electron chi connectivity index (χ4n) is 2.90. The van der Waals surface area contributed by atoms with Crippen LogP contribution in [0.15, 0.2) is 22.7 Å². The van der Waals surface area contributed by atoms with E-state index in [1.165, 1.54) is 31.4 Å². The van der Waals surface area contributed by atoms with Crippen molar-refractivity contribution in [3.8, 4) is 0 Å². The Morgan fingerprint density at radius 2 is 2.17 bits per heavy atom. The van der Waals surface area contributed by atoms with Crippen LogP contribution >= 0.6 is 15.9 Å². The third-order valence-corrected chi connectivity index (χ3v) is 4.59. The predicted molar refractivity (Wildman–Crippen MR) is 75.3 cm³/mol. The van der Waals surface area contributed by atoms with Crippen LogP contribution in [0.2, 0.25) is 0 Å². The summed E-state index contributed by atoms with van der Waals surface area (Å²) in [5.41, 5.74) is 0.992. The lowest BCUT2D eigenvalue weighted by molar-refractivity contribution is 0.257. The third-order valence-electron chi connectivity index (χ3n) is 3.93. The molecule has 2 nitrogen and oxygen atoms in total. The van der Waals surface area contributed by atoms with Crippen LogP contribution in [0.5, 0.6) is 0 Å². The summed E-state index contributed by atoms with van der Waals surface area (Å²) in [5.74, 6) is -0.202. The first-order chi connectivity index (χ1) is 8.63. The molecule has 1 saturated heterocycles. The number of halogens is 2. The molecule has 98 valence electrons. The second-order valence-electron chi connectivity index (χ2n) is 5.48. The lowest BCUT2D eigenvalue weighted by Crippen LogP contribution is -2.31. The minimum Gasteiger partial charge on any atom is -0.380 e. The second-order valence-corrected chi connectivity index (χ2v) is 6.33. The molecule has 1 N–H and O–H groups in total. The molecule has 2 atom stereocenters. The minimum atomic E-state index is -0.202. The summed E-state index contributed by atoms with van der Waals surface area (Å²) in [6.07, 6.45) is 3.88. The molecule has 0 amide bonds. The third kappa shape index (κ3) is 2.54. The molecule has 3 rings (SSSR count). The van der Waals surface area contributed by atoms with Crippen LogP contribution in [0.4, 0.5) is 10.1 Å². The molecule has 4 heteroatoms. The zero-order chi connectivity index (χ0) is 12.7. The Kier molecular flexibility index (Phi) is 3.32. The van der Waals surface area contributed by atoms with E-state index in [1.54, 1.807) is 0 Å². The Hall–Kier alpha value is -0.610. The molecule has 18 heavy (non-hydrogen) atoms. The number of likely N-dealkylation sites (tertiary alicyclic amines) is 1. The van der Waals surface area contributed by atoms with E-state index >= 15 is 0 Å². The molecule has 1 aromatic carbocycles. The maximum Gasteiger partial charge on any atom is 0.124 e. The Labute approximate surface area is 116 Å². The first kappa shape index (κ1) is 12.4. The standard InChI is InChI=1S/C14H18BrFN2/c1-9-6-11(8-18(9)12-3-4-12)17-14-5-2-10(16)7-13(14)15/h2,5,7,9,11-12,17H,3-4,6,8H2,1H3. The van der Waals surface area contributed by atoms with Gasteiger partial charge in [0.2, 0.25) is 0 Å². The molecule has 1 aromatic rings. The highest BCUT2D eigenvalue weighted by molar-refractivity contribution is 9.10. The number of benzene rings is 1. The van der Waals surface area contributed by atoms with Gasteiger partial charge in [-0.25, -0.2) is 4.39 Å². The molecule has 0 spiro atoms. The van der Waals surface area contributed by atoms with E-state index in [1.807, 2.05) is 6.07 Å². The van der Waals surface area contributed by atoms with Crippen molar-refractivity contribution in [2.75, 3.05) is 11.9 Å². The SMILES string of the molecule is CC1CC(Nc2ccc(F)cc2Br)CN1C1CC1. The Bertz CT molecular complexity index is 447. The van der Waals surface area contributed by atoms with Crippen LogP contribution in [0, 0.1) is 5.82 Å².